The Kier molecular flexibility index (Phi) is 7.56. The molecule has 0 spiro atoms. The standard InChI is InChI=1S/C30H51NO2/c1-7-31-28(32)33-23-15-17-29(5)22(19-23)11-12-24-26-14-13-25(21(4)10-8-9-20(2)3)30(26,6)18-16-27(24)29/h11,20-21,23-27H,7-10,12-19H2,1-6H3,(H,31,32)/t21-,23-,24+,25-,26+,27+,29+,30-/m1/s1. The van der Waals surface area contributed by atoms with Crippen molar-refractivity contribution >= 4 is 6.09 Å². The van der Waals surface area contributed by atoms with Crippen LogP contribution in [-0.2, 0) is 4.74 Å². The third kappa shape index (κ3) is 4.76. The van der Waals surface area contributed by atoms with E-state index in [1.807, 2.05) is 6.92 Å². The molecule has 0 aromatic carbocycles. The fourth-order valence-corrected chi connectivity index (χ4v) is 9.09. The van der Waals surface area contributed by atoms with Crippen LogP contribution in [0, 0.1) is 46.3 Å². The number of nitrogens with one attached hydrogen (secondary N) is 1. The fraction of sp³-hybridized carbons (Fsp3) is 0.900. The van der Waals surface area contributed by atoms with E-state index in [2.05, 4.69) is 46.0 Å². The predicted octanol–water partition coefficient (Wildman–Crippen LogP) is 8.14. The molecule has 3 fully saturated rings. The minimum Gasteiger partial charge on any atom is -0.446 e. The van der Waals surface area contributed by atoms with Gasteiger partial charge in [0.05, 0.1) is 0 Å². The zero-order valence-corrected chi connectivity index (χ0v) is 22.4. The van der Waals surface area contributed by atoms with Crippen molar-refractivity contribution in [3.8, 4) is 0 Å². The van der Waals surface area contributed by atoms with Crippen LogP contribution < -0.4 is 5.32 Å². The van der Waals surface area contributed by atoms with Crippen LogP contribution in [-0.4, -0.2) is 18.7 Å². The lowest BCUT2D eigenvalue weighted by Crippen LogP contribution is -2.51. The van der Waals surface area contributed by atoms with Gasteiger partial charge in [-0.2, -0.15) is 0 Å². The molecule has 3 heteroatoms. The molecule has 188 valence electrons. The highest BCUT2D eigenvalue weighted by molar-refractivity contribution is 5.67. The Morgan fingerprint density at radius 3 is 2.61 bits per heavy atom. The third-order valence-electron chi connectivity index (χ3n) is 10.9. The first-order valence-corrected chi connectivity index (χ1v) is 14.3. The number of amides is 1. The molecule has 0 saturated heterocycles. The number of carbonyl (C=O) groups is 1. The quantitative estimate of drug-likeness (QED) is 0.392. The van der Waals surface area contributed by atoms with Gasteiger partial charge in [-0.15, -0.1) is 0 Å². The van der Waals surface area contributed by atoms with Crippen molar-refractivity contribution in [2.75, 3.05) is 6.54 Å². The Labute approximate surface area is 203 Å². The highest BCUT2D eigenvalue weighted by atomic mass is 16.6. The van der Waals surface area contributed by atoms with Gasteiger partial charge in [-0.05, 0) is 98.2 Å². The molecule has 4 aliphatic carbocycles. The molecular weight excluding hydrogens is 406 g/mol. The summed E-state index contributed by atoms with van der Waals surface area (Å²) in [5, 5.41) is 2.80. The summed E-state index contributed by atoms with van der Waals surface area (Å²) in [4.78, 5) is 12.0. The summed E-state index contributed by atoms with van der Waals surface area (Å²) in [6, 6.07) is 0. The van der Waals surface area contributed by atoms with E-state index >= 15 is 0 Å². The molecule has 3 nitrogen and oxygen atoms in total. The largest absolute Gasteiger partial charge is 0.446 e. The van der Waals surface area contributed by atoms with E-state index in [1.165, 1.54) is 57.8 Å². The second kappa shape index (κ2) is 9.94. The van der Waals surface area contributed by atoms with Crippen LogP contribution in [0.1, 0.15) is 112 Å². The predicted molar refractivity (Wildman–Crippen MR) is 137 cm³/mol. The van der Waals surface area contributed by atoms with Crippen LogP contribution in [0.15, 0.2) is 11.6 Å². The summed E-state index contributed by atoms with van der Waals surface area (Å²) >= 11 is 0. The van der Waals surface area contributed by atoms with E-state index in [4.69, 9.17) is 4.74 Å². The van der Waals surface area contributed by atoms with Gasteiger partial charge in [-0.25, -0.2) is 4.79 Å². The highest BCUT2D eigenvalue weighted by Crippen LogP contribution is 2.67. The average molecular weight is 458 g/mol. The van der Waals surface area contributed by atoms with Crippen molar-refractivity contribution in [3.63, 3.8) is 0 Å². The molecule has 4 aliphatic rings. The SMILES string of the molecule is CCNC(=O)O[C@@H]1CC[C@@]2(C)C(=CC[C@H]3[C@@H]4CC[C@H]([C@H](C)CCCC(C)C)[C@@]4(C)CC[C@@H]32)C1. The van der Waals surface area contributed by atoms with E-state index in [-0.39, 0.29) is 12.2 Å². The molecule has 0 heterocycles. The normalized spacial score (nSPS) is 40.9. The summed E-state index contributed by atoms with van der Waals surface area (Å²) in [5.41, 5.74) is 2.48. The lowest BCUT2D eigenvalue weighted by molar-refractivity contribution is -0.0581. The molecule has 0 bridgehead atoms. The van der Waals surface area contributed by atoms with Crippen molar-refractivity contribution in [2.45, 2.75) is 118 Å². The smallest absolute Gasteiger partial charge is 0.407 e. The van der Waals surface area contributed by atoms with Gasteiger partial charge in [0.1, 0.15) is 6.10 Å². The molecule has 8 atom stereocenters. The minimum atomic E-state index is -0.242. The maximum Gasteiger partial charge on any atom is 0.407 e. The van der Waals surface area contributed by atoms with Crippen LogP contribution >= 0.6 is 0 Å². The number of ether oxygens (including phenoxy) is 1. The van der Waals surface area contributed by atoms with Crippen molar-refractivity contribution < 1.29 is 9.53 Å². The molecule has 0 aromatic heterocycles. The van der Waals surface area contributed by atoms with Gasteiger partial charge < -0.3 is 10.1 Å². The molecule has 3 saturated carbocycles. The minimum absolute atomic E-state index is 0.0591. The van der Waals surface area contributed by atoms with Crippen molar-refractivity contribution in [2.24, 2.45) is 46.3 Å². The first-order chi connectivity index (χ1) is 15.7. The molecule has 1 N–H and O–H groups in total. The number of hydrogen-bond donors (Lipinski definition) is 1. The Hall–Kier alpha value is -0.990. The lowest BCUT2D eigenvalue weighted by Gasteiger charge is -2.58. The van der Waals surface area contributed by atoms with Gasteiger partial charge in [0, 0.05) is 13.0 Å². The molecule has 1 amide bonds. The topological polar surface area (TPSA) is 38.3 Å². The van der Waals surface area contributed by atoms with E-state index in [0.29, 0.717) is 17.4 Å². The van der Waals surface area contributed by atoms with Crippen LogP contribution in [0.3, 0.4) is 0 Å². The second-order valence-corrected chi connectivity index (χ2v) is 13.1. The van der Waals surface area contributed by atoms with Gasteiger partial charge >= 0.3 is 6.09 Å². The lowest BCUT2D eigenvalue weighted by atomic mass is 9.47. The average Bonchev–Trinajstić information content (AvgIpc) is 3.11. The van der Waals surface area contributed by atoms with Crippen LogP contribution in [0.4, 0.5) is 4.79 Å². The Bertz CT molecular complexity index is 729. The highest BCUT2D eigenvalue weighted by Gasteiger charge is 2.59. The molecule has 0 radical (unpaired) electrons. The van der Waals surface area contributed by atoms with Crippen molar-refractivity contribution in [3.05, 3.63) is 11.6 Å². The zero-order valence-electron chi connectivity index (χ0n) is 22.4. The van der Waals surface area contributed by atoms with Gasteiger partial charge in [0.2, 0.25) is 0 Å². The number of fused-ring (bicyclic) bond motifs is 5. The number of carbonyl (C=O) groups excluding carboxylic acids is 1. The molecule has 33 heavy (non-hydrogen) atoms. The summed E-state index contributed by atoms with van der Waals surface area (Å²) in [6.45, 7) is 15.1. The van der Waals surface area contributed by atoms with E-state index in [1.54, 1.807) is 5.57 Å². The first kappa shape index (κ1) is 25.1. The Balaban J connectivity index is 1.43. The fourth-order valence-electron chi connectivity index (χ4n) is 9.09. The number of hydrogen-bond acceptors (Lipinski definition) is 2. The van der Waals surface area contributed by atoms with Gasteiger partial charge in [0.15, 0.2) is 0 Å². The van der Waals surface area contributed by atoms with E-state index in [9.17, 15) is 4.79 Å². The Morgan fingerprint density at radius 2 is 1.88 bits per heavy atom. The van der Waals surface area contributed by atoms with Crippen LogP contribution in [0.25, 0.3) is 0 Å². The molecule has 0 aliphatic heterocycles. The monoisotopic (exact) mass is 457 g/mol. The summed E-state index contributed by atoms with van der Waals surface area (Å²) < 4.78 is 5.74. The Morgan fingerprint density at radius 1 is 1.09 bits per heavy atom. The molecule has 4 rings (SSSR count). The summed E-state index contributed by atoms with van der Waals surface area (Å²) in [7, 11) is 0. The maximum atomic E-state index is 12.0. The molecule has 0 aromatic rings. The van der Waals surface area contributed by atoms with Crippen LogP contribution in [0.5, 0.6) is 0 Å². The van der Waals surface area contributed by atoms with Crippen LogP contribution in [0.2, 0.25) is 0 Å². The maximum absolute atomic E-state index is 12.0. The molecule has 0 unspecified atom stereocenters. The number of alkyl carbamates (subject to hydrolysis) is 1. The van der Waals surface area contributed by atoms with Crippen molar-refractivity contribution in [1.29, 1.82) is 0 Å². The summed E-state index contributed by atoms with van der Waals surface area (Å²) in [6.07, 6.45) is 16.8. The van der Waals surface area contributed by atoms with E-state index in [0.717, 1.165) is 48.3 Å². The van der Waals surface area contributed by atoms with Gasteiger partial charge in [0.25, 0.3) is 0 Å². The summed E-state index contributed by atoms with van der Waals surface area (Å²) in [5.74, 6) is 5.25. The number of rotatable bonds is 7. The van der Waals surface area contributed by atoms with E-state index < -0.39 is 0 Å². The first-order valence-electron chi connectivity index (χ1n) is 14.3. The van der Waals surface area contributed by atoms with Crippen molar-refractivity contribution in [1.82, 2.24) is 5.32 Å². The third-order valence-corrected chi connectivity index (χ3v) is 10.9. The second-order valence-electron chi connectivity index (χ2n) is 13.1. The van der Waals surface area contributed by atoms with Gasteiger partial charge in [-0.3, -0.25) is 0 Å². The molecular formula is C30H51NO2. The number of allylic oxidation sites excluding steroid dienone is 1. The van der Waals surface area contributed by atoms with Gasteiger partial charge in [-0.1, -0.05) is 65.5 Å². The zero-order chi connectivity index (χ0) is 23.8.